The first-order valence-corrected chi connectivity index (χ1v) is 18.0. The van der Waals surface area contributed by atoms with Crippen molar-refractivity contribution >= 4 is 43.4 Å². The van der Waals surface area contributed by atoms with E-state index in [0.717, 1.165) is 39.0 Å². The third kappa shape index (κ3) is 5.02. The highest BCUT2D eigenvalue weighted by molar-refractivity contribution is 6.21. The predicted octanol–water partition coefficient (Wildman–Crippen LogP) is 13.6. The van der Waals surface area contributed by atoms with Crippen LogP contribution in [-0.2, 0) is 0 Å². The molecule has 53 heavy (non-hydrogen) atoms. The zero-order valence-electron chi connectivity index (χ0n) is 28.9. The van der Waals surface area contributed by atoms with Crippen LogP contribution in [-0.4, -0.2) is 4.57 Å². The van der Waals surface area contributed by atoms with Gasteiger partial charge in [-0.3, -0.25) is 0 Å². The summed E-state index contributed by atoms with van der Waals surface area (Å²) in [5.41, 5.74) is 13.3. The molecule has 1 aromatic heterocycles. The van der Waals surface area contributed by atoms with Gasteiger partial charge in [-0.2, -0.15) is 5.26 Å². The lowest BCUT2D eigenvalue weighted by Gasteiger charge is -2.18. The standard InChI is InChI=1S/C51H32N2/c52-33-34-22-31-40(49(32-34)53-47-20-10-8-14-41(47)42-15-9-11-21-48(42)53)37-27-23-35(24-28-37)36-25-29-39(30-26-36)51-45-18-6-4-16-43(45)50(38-12-2-1-3-13-38)44-17-5-7-19-46(44)51/h1-32H. The van der Waals surface area contributed by atoms with Gasteiger partial charge in [-0.15, -0.1) is 0 Å². The monoisotopic (exact) mass is 672 g/mol. The molecular weight excluding hydrogens is 641 g/mol. The van der Waals surface area contributed by atoms with Crippen molar-refractivity contribution in [1.82, 2.24) is 4.57 Å². The summed E-state index contributed by atoms with van der Waals surface area (Å²) in [5.74, 6) is 0. The van der Waals surface area contributed by atoms with Crippen molar-refractivity contribution < 1.29 is 0 Å². The van der Waals surface area contributed by atoms with Gasteiger partial charge in [0.25, 0.3) is 0 Å². The molecule has 10 rings (SSSR count). The van der Waals surface area contributed by atoms with Crippen LogP contribution in [0.25, 0.3) is 93.5 Å². The number of nitrogens with zero attached hydrogens (tertiary/aromatic N) is 2. The number of benzene rings is 9. The van der Waals surface area contributed by atoms with Crippen LogP contribution < -0.4 is 0 Å². The molecule has 0 spiro atoms. The fraction of sp³-hybridized carbons (Fsp3) is 0. The lowest BCUT2D eigenvalue weighted by Crippen LogP contribution is -1.98. The fourth-order valence-corrected chi connectivity index (χ4v) is 8.24. The maximum Gasteiger partial charge on any atom is 0.0992 e. The van der Waals surface area contributed by atoms with Crippen molar-refractivity contribution in [1.29, 1.82) is 5.26 Å². The topological polar surface area (TPSA) is 28.7 Å². The molecule has 2 nitrogen and oxygen atoms in total. The first-order valence-electron chi connectivity index (χ1n) is 18.0. The maximum absolute atomic E-state index is 9.91. The minimum atomic E-state index is 0.637. The van der Waals surface area contributed by atoms with Crippen molar-refractivity contribution in [3.8, 4) is 56.3 Å². The summed E-state index contributed by atoms with van der Waals surface area (Å²) in [6.45, 7) is 0. The molecule has 0 aliphatic carbocycles. The molecule has 0 aliphatic heterocycles. The van der Waals surface area contributed by atoms with Gasteiger partial charge in [0.05, 0.1) is 28.4 Å². The summed E-state index contributed by atoms with van der Waals surface area (Å²) in [4.78, 5) is 0. The number of fused-ring (bicyclic) bond motifs is 5. The average molecular weight is 673 g/mol. The lowest BCUT2D eigenvalue weighted by atomic mass is 9.86. The first-order chi connectivity index (χ1) is 26.3. The fourth-order valence-electron chi connectivity index (χ4n) is 8.24. The second-order valence-corrected chi connectivity index (χ2v) is 13.6. The Bertz CT molecular complexity index is 2920. The molecule has 0 aliphatic rings. The summed E-state index contributed by atoms with van der Waals surface area (Å²) in [5, 5.41) is 17.3. The third-order valence-electron chi connectivity index (χ3n) is 10.6. The Morgan fingerprint density at radius 3 is 1.23 bits per heavy atom. The summed E-state index contributed by atoms with van der Waals surface area (Å²) in [6.07, 6.45) is 0. The molecule has 10 aromatic rings. The molecule has 0 atom stereocenters. The number of hydrogen-bond donors (Lipinski definition) is 0. The van der Waals surface area contributed by atoms with Crippen LogP contribution in [0.4, 0.5) is 0 Å². The number of hydrogen-bond acceptors (Lipinski definition) is 1. The van der Waals surface area contributed by atoms with Crippen molar-refractivity contribution in [2.45, 2.75) is 0 Å². The summed E-state index contributed by atoms with van der Waals surface area (Å²) in [7, 11) is 0. The smallest absolute Gasteiger partial charge is 0.0992 e. The molecule has 0 N–H and O–H groups in total. The van der Waals surface area contributed by atoms with Gasteiger partial charge in [0.2, 0.25) is 0 Å². The summed E-state index contributed by atoms with van der Waals surface area (Å²) >= 11 is 0. The zero-order valence-corrected chi connectivity index (χ0v) is 28.9. The van der Waals surface area contributed by atoms with Crippen molar-refractivity contribution in [2.75, 3.05) is 0 Å². The Morgan fingerprint density at radius 1 is 0.340 bits per heavy atom. The minimum Gasteiger partial charge on any atom is -0.309 e. The Hall–Kier alpha value is -7.21. The van der Waals surface area contributed by atoms with Crippen LogP contribution in [0.15, 0.2) is 194 Å². The van der Waals surface area contributed by atoms with E-state index in [-0.39, 0.29) is 0 Å². The second-order valence-electron chi connectivity index (χ2n) is 13.6. The number of nitriles is 1. The third-order valence-corrected chi connectivity index (χ3v) is 10.6. The zero-order chi connectivity index (χ0) is 35.3. The average Bonchev–Trinajstić information content (AvgIpc) is 3.57. The normalized spacial score (nSPS) is 11.4. The van der Waals surface area contributed by atoms with Crippen molar-refractivity contribution in [3.05, 3.63) is 200 Å². The van der Waals surface area contributed by atoms with Gasteiger partial charge >= 0.3 is 0 Å². The highest BCUT2D eigenvalue weighted by atomic mass is 15.0. The van der Waals surface area contributed by atoms with Gasteiger partial charge in [0.15, 0.2) is 0 Å². The quantitative estimate of drug-likeness (QED) is 0.167. The van der Waals surface area contributed by atoms with E-state index >= 15 is 0 Å². The molecule has 0 radical (unpaired) electrons. The molecular formula is C51H32N2. The Morgan fingerprint density at radius 2 is 0.736 bits per heavy atom. The number of aromatic nitrogens is 1. The largest absolute Gasteiger partial charge is 0.309 e. The van der Waals surface area contributed by atoms with E-state index in [0.29, 0.717) is 5.56 Å². The SMILES string of the molecule is N#Cc1ccc(-c2ccc(-c3ccc(-c4c5ccccc5c(-c5ccccc5)c5ccccc45)cc3)cc2)c(-n2c3ccccc3c3ccccc32)c1. The van der Waals surface area contributed by atoms with Crippen LogP contribution in [0.1, 0.15) is 5.56 Å². The molecule has 1 heterocycles. The molecule has 0 unspecified atom stereocenters. The van der Waals surface area contributed by atoms with E-state index in [1.165, 1.54) is 54.6 Å². The number of rotatable bonds is 5. The van der Waals surface area contributed by atoms with Crippen molar-refractivity contribution in [3.63, 3.8) is 0 Å². The minimum absolute atomic E-state index is 0.637. The molecule has 0 saturated carbocycles. The molecule has 0 bridgehead atoms. The Labute approximate surface area is 308 Å². The van der Waals surface area contributed by atoms with E-state index in [1.807, 2.05) is 12.1 Å². The van der Waals surface area contributed by atoms with E-state index in [9.17, 15) is 5.26 Å². The molecule has 0 fully saturated rings. The molecule has 0 saturated heterocycles. The van der Waals surface area contributed by atoms with Gasteiger partial charge in [0, 0.05) is 16.3 Å². The van der Waals surface area contributed by atoms with Crippen LogP contribution in [0.3, 0.4) is 0 Å². The van der Waals surface area contributed by atoms with Gasteiger partial charge in [-0.1, -0.05) is 170 Å². The molecule has 2 heteroatoms. The predicted molar refractivity (Wildman–Crippen MR) is 222 cm³/mol. The van der Waals surface area contributed by atoms with Gasteiger partial charge in [-0.25, -0.2) is 0 Å². The Balaban J connectivity index is 1.05. The van der Waals surface area contributed by atoms with Crippen LogP contribution in [0, 0.1) is 11.3 Å². The Kier molecular flexibility index (Phi) is 7.23. The van der Waals surface area contributed by atoms with E-state index in [1.54, 1.807) is 0 Å². The second kappa shape index (κ2) is 12.5. The van der Waals surface area contributed by atoms with Gasteiger partial charge < -0.3 is 4.57 Å². The van der Waals surface area contributed by atoms with Gasteiger partial charge in [0.1, 0.15) is 0 Å². The van der Waals surface area contributed by atoms with Crippen LogP contribution in [0.5, 0.6) is 0 Å². The maximum atomic E-state index is 9.91. The van der Waals surface area contributed by atoms with E-state index < -0.39 is 0 Å². The lowest BCUT2D eigenvalue weighted by molar-refractivity contribution is 1.18. The highest BCUT2D eigenvalue weighted by Gasteiger charge is 2.18. The van der Waals surface area contributed by atoms with Crippen LogP contribution in [0.2, 0.25) is 0 Å². The molecule has 246 valence electrons. The molecule has 9 aromatic carbocycles. The molecule has 0 amide bonds. The van der Waals surface area contributed by atoms with Gasteiger partial charge in [-0.05, 0) is 84.8 Å². The first kappa shape index (κ1) is 30.6. The summed E-state index contributed by atoms with van der Waals surface area (Å²) < 4.78 is 2.30. The van der Waals surface area contributed by atoms with E-state index in [4.69, 9.17) is 0 Å². The van der Waals surface area contributed by atoms with Crippen LogP contribution >= 0.6 is 0 Å². The summed E-state index contributed by atoms with van der Waals surface area (Å²) in [6, 6.07) is 71.5. The highest BCUT2D eigenvalue weighted by Crippen LogP contribution is 2.44. The van der Waals surface area contributed by atoms with Crippen molar-refractivity contribution in [2.24, 2.45) is 0 Å². The number of para-hydroxylation sites is 2. The van der Waals surface area contributed by atoms with E-state index in [2.05, 4.69) is 193 Å².